The number of hydrogen-bond acceptors (Lipinski definition) is 3. The third kappa shape index (κ3) is 4.74. The summed E-state index contributed by atoms with van der Waals surface area (Å²) in [6, 6.07) is 5.85. The molecule has 0 aromatic heterocycles. The summed E-state index contributed by atoms with van der Waals surface area (Å²) in [5.41, 5.74) is 2.03. The minimum Gasteiger partial charge on any atom is -0.496 e. The van der Waals surface area contributed by atoms with Gasteiger partial charge in [-0.15, -0.1) is 0 Å². The van der Waals surface area contributed by atoms with Crippen LogP contribution in [0, 0.1) is 12.8 Å². The maximum atomic E-state index is 12.5. The lowest BCUT2D eigenvalue weighted by atomic mass is 10.0. The molecule has 1 heterocycles. The topological polar surface area (TPSA) is 49.9 Å². The first-order valence-electron chi connectivity index (χ1n) is 9.20. The second kappa shape index (κ2) is 8.88. The van der Waals surface area contributed by atoms with Crippen LogP contribution in [0.3, 0.4) is 0 Å². The minimum absolute atomic E-state index is 0.115. The first-order chi connectivity index (χ1) is 12.0. The fourth-order valence-electron chi connectivity index (χ4n) is 3.41. The van der Waals surface area contributed by atoms with E-state index in [9.17, 15) is 9.59 Å². The molecule has 1 aliphatic rings. The van der Waals surface area contributed by atoms with Crippen molar-refractivity contribution in [1.82, 2.24) is 9.80 Å². The molecule has 0 saturated carbocycles. The minimum atomic E-state index is 0.115. The van der Waals surface area contributed by atoms with Gasteiger partial charge in [-0.1, -0.05) is 26.0 Å². The van der Waals surface area contributed by atoms with Crippen LogP contribution < -0.4 is 4.74 Å². The quantitative estimate of drug-likeness (QED) is 0.796. The highest BCUT2D eigenvalue weighted by molar-refractivity contribution is 5.81. The molecule has 0 spiro atoms. The van der Waals surface area contributed by atoms with Crippen LogP contribution in [0.15, 0.2) is 18.2 Å². The molecule has 0 bridgehead atoms. The van der Waals surface area contributed by atoms with E-state index in [-0.39, 0.29) is 17.7 Å². The molecule has 138 valence electrons. The van der Waals surface area contributed by atoms with E-state index in [1.165, 1.54) is 0 Å². The van der Waals surface area contributed by atoms with Gasteiger partial charge in [0.05, 0.1) is 13.5 Å². The summed E-state index contributed by atoms with van der Waals surface area (Å²) >= 11 is 0. The fraction of sp³-hybridized carbons (Fsp3) is 0.600. The molecule has 0 atom stereocenters. The lowest BCUT2D eigenvalue weighted by Crippen LogP contribution is -2.52. The standard InChI is InChI=1S/C20H30N2O3/c1-5-17(6-2)20(24)22-11-9-21(10-12-22)19(23)14-16-7-8-18(25-4)15(3)13-16/h7-8,13,17H,5-6,9-12,14H2,1-4H3. The van der Waals surface area contributed by atoms with Gasteiger partial charge in [-0.25, -0.2) is 0 Å². The van der Waals surface area contributed by atoms with Crippen molar-refractivity contribution in [2.45, 2.75) is 40.0 Å². The van der Waals surface area contributed by atoms with E-state index in [2.05, 4.69) is 13.8 Å². The number of carbonyl (C=O) groups is 2. The Hall–Kier alpha value is -2.04. The molecule has 0 radical (unpaired) electrons. The van der Waals surface area contributed by atoms with Gasteiger partial charge < -0.3 is 14.5 Å². The number of hydrogen-bond donors (Lipinski definition) is 0. The molecule has 5 nitrogen and oxygen atoms in total. The van der Waals surface area contributed by atoms with Crippen molar-refractivity contribution in [3.8, 4) is 5.75 Å². The van der Waals surface area contributed by atoms with Gasteiger partial charge in [-0.3, -0.25) is 9.59 Å². The second-order valence-electron chi connectivity index (χ2n) is 6.70. The summed E-state index contributed by atoms with van der Waals surface area (Å²) in [7, 11) is 1.65. The average Bonchev–Trinajstić information content (AvgIpc) is 2.63. The average molecular weight is 346 g/mol. The number of benzene rings is 1. The van der Waals surface area contributed by atoms with Crippen molar-refractivity contribution in [3.63, 3.8) is 0 Å². The molecule has 0 N–H and O–H groups in total. The van der Waals surface area contributed by atoms with Gasteiger partial charge in [-0.2, -0.15) is 0 Å². The largest absolute Gasteiger partial charge is 0.496 e. The van der Waals surface area contributed by atoms with Crippen LogP contribution in [0.1, 0.15) is 37.8 Å². The van der Waals surface area contributed by atoms with Gasteiger partial charge in [-0.05, 0) is 37.0 Å². The number of ether oxygens (including phenoxy) is 1. The Labute approximate surface area is 150 Å². The number of methoxy groups -OCH3 is 1. The normalized spacial score (nSPS) is 14.8. The molecule has 0 unspecified atom stereocenters. The molecule has 1 fully saturated rings. The predicted molar refractivity (Wildman–Crippen MR) is 98.7 cm³/mol. The Balaban J connectivity index is 1.89. The molecule has 1 aliphatic heterocycles. The van der Waals surface area contributed by atoms with Gasteiger partial charge in [0.2, 0.25) is 11.8 Å². The van der Waals surface area contributed by atoms with Gasteiger partial charge in [0.25, 0.3) is 0 Å². The molecule has 0 aliphatic carbocycles. The maximum Gasteiger partial charge on any atom is 0.227 e. The Morgan fingerprint density at radius 3 is 2.20 bits per heavy atom. The van der Waals surface area contributed by atoms with Crippen LogP contribution in [-0.4, -0.2) is 54.9 Å². The molecule has 2 rings (SSSR count). The van der Waals surface area contributed by atoms with Crippen molar-refractivity contribution < 1.29 is 14.3 Å². The summed E-state index contributed by atoms with van der Waals surface area (Å²) < 4.78 is 5.26. The van der Waals surface area contributed by atoms with Crippen LogP contribution in [0.2, 0.25) is 0 Å². The zero-order chi connectivity index (χ0) is 18.4. The highest BCUT2D eigenvalue weighted by Crippen LogP contribution is 2.19. The molecular weight excluding hydrogens is 316 g/mol. The summed E-state index contributed by atoms with van der Waals surface area (Å²) in [5, 5.41) is 0. The molecule has 1 aromatic carbocycles. The van der Waals surface area contributed by atoms with E-state index in [1.54, 1.807) is 7.11 Å². The summed E-state index contributed by atoms with van der Waals surface area (Å²) in [5.74, 6) is 1.32. The highest BCUT2D eigenvalue weighted by Gasteiger charge is 2.27. The summed E-state index contributed by atoms with van der Waals surface area (Å²) in [4.78, 5) is 28.8. The van der Waals surface area contributed by atoms with E-state index in [4.69, 9.17) is 4.74 Å². The first kappa shape index (κ1) is 19.3. The number of rotatable bonds is 6. The molecule has 25 heavy (non-hydrogen) atoms. The number of nitrogens with zero attached hydrogens (tertiary/aromatic N) is 2. The number of carbonyl (C=O) groups excluding carboxylic acids is 2. The first-order valence-corrected chi connectivity index (χ1v) is 9.20. The number of amides is 2. The van der Waals surface area contributed by atoms with Crippen LogP contribution in [0.5, 0.6) is 5.75 Å². The van der Waals surface area contributed by atoms with Crippen molar-refractivity contribution in [2.75, 3.05) is 33.3 Å². The van der Waals surface area contributed by atoms with Crippen LogP contribution in [0.4, 0.5) is 0 Å². The SMILES string of the molecule is CCC(CC)C(=O)N1CCN(C(=O)Cc2ccc(OC)c(C)c2)CC1. The van der Waals surface area contributed by atoms with Crippen molar-refractivity contribution in [2.24, 2.45) is 5.92 Å². The Kier molecular flexibility index (Phi) is 6.85. The monoisotopic (exact) mass is 346 g/mol. The van der Waals surface area contributed by atoms with E-state index < -0.39 is 0 Å². The van der Waals surface area contributed by atoms with Crippen LogP contribution in [0.25, 0.3) is 0 Å². The van der Waals surface area contributed by atoms with Gasteiger partial charge in [0, 0.05) is 32.1 Å². The smallest absolute Gasteiger partial charge is 0.227 e. The lowest BCUT2D eigenvalue weighted by molar-refractivity contribution is -0.142. The molecular formula is C20H30N2O3. The molecule has 5 heteroatoms. The van der Waals surface area contributed by atoms with Gasteiger partial charge in [0.15, 0.2) is 0 Å². The third-order valence-electron chi connectivity index (χ3n) is 5.09. The van der Waals surface area contributed by atoms with E-state index in [0.717, 1.165) is 29.7 Å². The predicted octanol–water partition coefficient (Wildman–Crippen LogP) is 2.65. The molecule has 1 aromatic rings. The van der Waals surface area contributed by atoms with E-state index >= 15 is 0 Å². The van der Waals surface area contributed by atoms with Crippen LogP contribution >= 0.6 is 0 Å². The summed E-state index contributed by atoms with van der Waals surface area (Å²) in [6.07, 6.45) is 2.15. The zero-order valence-corrected chi connectivity index (χ0v) is 15.9. The Morgan fingerprint density at radius 1 is 1.08 bits per heavy atom. The maximum absolute atomic E-state index is 12.5. The van der Waals surface area contributed by atoms with E-state index in [1.807, 2.05) is 34.9 Å². The molecule has 2 amide bonds. The van der Waals surface area contributed by atoms with Gasteiger partial charge in [0.1, 0.15) is 5.75 Å². The zero-order valence-electron chi connectivity index (χ0n) is 15.9. The molecule has 1 saturated heterocycles. The second-order valence-corrected chi connectivity index (χ2v) is 6.70. The fourth-order valence-corrected chi connectivity index (χ4v) is 3.41. The van der Waals surface area contributed by atoms with Gasteiger partial charge >= 0.3 is 0 Å². The lowest BCUT2D eigenvalue weighted by Gasteiger charge is -2.36. The van der Waals surface area contributed by atoms with Crippen molar-refractivity contribution in [1.29, 1.82) is 0 Å². The van der Waals surface area contributed by atoms with E-state index in [0.29, 0.717) is 32.6 Å². The summed E-state index contributed by atoms with van der Waals surface area (Å²) in [6.45, 7) is 8.63. The third-order valence-corrected chi connectivity index (χ3v) is 5.09. The number of aryl methyl sites for hydroxylation is 1. The number of piperazine rings is 1. The Bertz CT molecular complexity index is 603. The highest BCUT2D eigenvalue weighted by atomic mass is 16.5. The van der Waals surface area contributed by atoms with Crippen molar-refractivity contribution >= 4 is 11.8 Å². The van der Waals surface area contributed by atoms with Crippen molar-refractivity contribution in [3.05, 3.63) is 29.3 Å². The van der Waals surface area contributed by atoms with Crippen LogP contribution in [-0.2, 0) is 16.0 Å². The Morgan fingerprint density at radius 2 is 1.68 bits per heavy atom.